The van der Waals surface area contributed by atoms with Gasteiger partial charge in [-0.15, -0.1) is 0 Å². The highest BCUT2D eigenvalue weighted by atomic mass is 35.5. The molecule has 2 atom stereocenters. The van der Waals surface area contributed by atoms with Crippen molar-refractivity contribution in [1.29, 1.82) is 0 Å². The van der Waals surface area contributed by atoms with Gasteiger partial charge in [-0.2, -0.15) is 0 Å². The summed E-state index contributed by atoms with van der Waals surface area (Å²) in [6, 6.07) is 6.35. The minimum Gasteiger partial charge on any atom is -0.464 e. The molecule has 0 heterocycles. The van der Waals surface area contributed by atoms with Gasteiger partial charge in [-0.25, -0.2) is 9.59 Å². The average Bonchev–Trinajstić information content (AvgIpc) is 2.58. The summed E-state index contributed by atoms with van der Waals surface area (Å²) < 4.78 is 17.3. The van der Waals surface area contributed by atoms with Gasteiger partial charge in [0, 0.05) is 5.02 Å². The first kappa shape index (κ1) is 27.5. The third-order valence-corrected chi connectivity index (χ3v) is 9.94. The van der Waals surface area contributed by atoms with Gasteiger partial charge in [0.15, 0.2) is 14.4 Å². The maximum atomic E-state index is 12.9. The monoisotopic (exact) mass is 471 g/mol. The van der Waals surface area contributed by atoms with Gasteiger partial charge < -0.3 is 19.2 Å². The molecule has 0 bridgehead atoms. The molecular formula is C23H38ClNO5Si. The van der Waals surface area contributed by atoms with Crippen LogP contribution >= 0.6 is 11.6 Å². The molecule has 0 saturated carbocycles. The van der Waals surface area contributed by atoms with E-state index < -0.39 is 38.1 Å². The van der Waals surface area contributed by atoms with Crippen LogP contribution in [0.1, 0.15) is 54.0 Å². The van der Waals surface area contributed by atoms with Gasteiger partial charge in [0.25, 0.3) is 0 Å². The first-order valence-electron chi connectivity index (χ1n) is 10.6. The highest BCUT2D eigenvalue weighted by Gasteiger charge is 2.43. The number of rotatable bonds is 8. The van der Waals surface area contributed by atoms with Crippen LogP contribution in [0.25, 0.3) is 0 Å². The predicted octanol–water partition coefficient (Wildman–Crippen LogP) is 5.73. The molecule has 0 aliphatic heterocycles. The number of hydrogen-bond donors (Lipinski definition) is 1. The lowest BCUT2D eigenvalue weighted by Crippen LogP contribution is -2.56. The van der Waals surface area contributed by atoms with Crippen LogP contribution in [-0.4, -0.2) is 44.7 Å². The Morgan fingerprint density at radius 1 is 1.06 bits per heavy atom. The molecule has 0 aliphatic rings. The summed E-state index contributed by atoms with van der Waals surface area (Å²) in [5, 5.41) is 3.24. The second-order valence-corrected chi connectivity index (χ2v) is 15.3. The number of carbonyl (C=O) groups is 2. The van der Waals surface area contributed by atoms with Crippen LogP contribution in [0.2, 0.25) is 23.2 Å². The Bertz CT molecular complexity index is 738. The highest BCUT2D eigenvalue weighted by Crippen LogP contribution is 2.38. The van der Waals surface area contributed by atoms with Crippen molar-refractivity contribution in [3.63, 3.8) is 0 Å². The molecule has 0 unspecified atom stereocenters. The molecule has 0 saturated heterocycles. The van der Waals surface area contributed by atoms with E-state index >= 15 is 0 Å². The molecule has 0 radical (unpaired) electrons. The van der Waals surface area contributed by atoms with Crippen molar-refractivity contribution in [3.8, 4) is 0 Å². The minimum atomic E-state index is -2.29. The van der Waals surface area contributed by atoms with E-state index in [1.54, 1.807) is 39.8 Å². The Hall–Kier alpha value is -1.57. The van der Waals surface area contributed by atoms with Gasteiger partial charge in [0.2, 0.25) is 0 Å². The second kappa shape index (κ2) is 10.8. The second-order valence-electron chi connectivity index (χ2n) is 10.1. The van der Waals surface area contributed by atoms with Crippen molar-refractivity contribution in [2.24, 2.45) is 0 Å². The lowest BCUT2D eigenvalue weighted by Gasteiger charge is -2.41. The smallest absolute Gasteiger partial charge is 0.408 e. The topological polar surface area (TPSA) is 73.9 Å². The van der Waals surface area contributed by atoms with Crippen LogP contribution in [-0.2, 0) is 25.1 Å². The zero-order chi connectivity index (χ0) is 24.0. The van der Waals surface area contributed by atoms with Crippen LogP contribution in [0.5, 0.6) is 0 Å². The largest absolute Gasteiger partial charge is 0.464 e. The van der Waals surface area contributed by atoms with E-state index in [1.165, 1.54) is 0 Å². The summed E-state index contributed by atoms with van der Waals surface area (Å²) in [4.78, 5) is 25.4. The van der Waals surface area contributed by atoms with E-state index in [2.05, 4.69) is 39.2 Å². The average molecular weight is 472 g/mol. The minimum absolute atomic E-state index is 0.0869. The molecule has 31 heavy (non-hydrogen) atoms. The molecular weight excluding hydrogens is 434 g/mol. The molecule has 1 aromatic carbocycles. The van der Waals surface area contributed by atoms with E-state index in [4.69, 9.17) is 25.5 Å². The fourth-order valence-corrected chi connectivity index (χ4v) is 4.06. The Morgan fingerprint density at radius 2 is 1.61 bits per heavy atom. The number of amides is 1. The summed E-state index contributed by atoms with van der Waals surface area (Å²) in [5.74, 6) is -0.550. The number of esters is 1. The third-order valence-electron chi connectivity index (χ3n) is 5.19. The van der Waals surface area contributed by atoms with Gasteiger partial charge in [0.1, 0.15) is 5.60 Å². The number of benzene rings is 1. The maximum absolute atomic E-state index is 12.9. The summed E-state index contributed by atoms with van der Waals surface area (Å²) >= 11 is 6.03. The predicted molar refractivity (Wildman–Crippen MR) is 127 cm³/mol. The van der Waals surface area contributed by atoms with Crippen LogP contribution in [0, 0.1) is 0 Å². The van der Waals surface area contributed by atoms with E-state index in [0.29, 0.717) is 11.4 Å². The molecule has 0 aromatic heterocycles. The number of nitrogens with one attached hydrogen (secondary N) is 1. The summed E-state index contributed by atoms with van der Waals surface area (Å²) in [7, 11) is -2.29. The molecule has 0 spiro atoms. The first-order valence-corrected chi connectivity index (χ1v) is 13.9. The van der Waals surface area contributed by atoms with E-state index in [0.717, 1.165) is 5.56 Å². The Morgan fingerprint density at radius 3 is 2.06 bits per heavy atom. The van der Waals surface area contributed by atoms with E-state index in [1.807, 2.05) is 12.1 Å². The Kier molecular flexibility index (Phi) is 9.60. The normalized spacial score (nSPS) is 14.5. The maximum Gasteiger partial charge on any atom is 0.408 e. The quantitative estimate of drug-likeness (QED) is 0.387. The fourth-order valence-electron chi connectivity index (χ4n) is 2.61. The molecule has 176 valence electrons. The molecule has 1 rings (SSSR count). The van der Waals surface area contributed by atoms with Crippen LogP contribution in [0.15, 0.2) is 24.3 Å². The lowest BCUT2D eigenvalue weighted by atomic mass is 10.0. The Labute approximate surface area is 193 Å². The molecule has 1 N–H and O–H groups in total. The van der Waals surface area contributed by atoms with Crippen LogP contribution < -0.4 is 5.32 Å². The molecule has 1 amide bonds. The molecule has 0 aliphatic carbocycles. The van der Waals surface area contributed by atoms with E-state index in [9.17, 15) is 9.59 Å². The van der Waals surface area contributed by atoms with Gasteiger partial charge in [-0.1, -0.05) is 44.5 Å². The lowest BCUT2D eigenvalue weighted by molar-refractivity contribution is -0.148. The van der Waals surface area contributed by atoms with Gasteiger partial charge in [-0.3, -0.25) is 0 Å². The number of halogens is 1. The fraction of sp³-hybridized carbons (Fsp3) is 0.652. The zero-order valence-electron chi connectivity index (χ0n) is 20.3. The summed E-state index contributed by atoms with van der Waals surface area (Å²) in [6.45, 7) is 17.8. The third kappa shape index (κ3) is 9.21. The summed E-state index contributed by atoms with van der Waals surface area (Å²) in [5.41, 5.74) is 0.239. The first-order chi connectivity index (χ1) is 14.1. The van der Waals surface area contributed by atoms with Gasteiger partial charge in [0.05, 0.1) is 12.7 Å². The molecule has 8 heteroatoms. The Balaban J connectivity index is 3.31. The molecule has 6 nitrogen and oxygen atoms in total. The molecule has 1 aromatic rings. The van der Waals surface area contributed by atoms with Crippen molar-refractivity contribution in [2.75, 3.05) is 6.61 Å². The van der Waals surface area contributed by atoms with Gasteiger partial charge in [-0.05, 0) is 69.9 Å². The van der Waals surface area contributed by atoms with Crippen molar-refractivity contribution in [3.05, 3.63) is 34.9 Å². The number of alkyl carbamates (subject to hydrolysis) is 1. The molecule has 0 fully saturated rings. The van der Waals surface area contributed by atoms with E-state index in [-0.39, 0.29) is 11.6 Å². The van der Waals surface area contributed by atoms with Crippen molar-refractivity contribution in [1.82, 2.24) is 5.32 Å². The van der Waals surface area contributed by atoms with Crippen LogP contribution in [0.4, 0.5) is 4.79 Å². The summed E-state index contributed by atoms with van der Waals surface area (Å²) in [6.07, 6.45) is -0.915. The standard InChI is InChI=1S/C23H38ClNO5Si/c1-10-28-20(26)19(25-21(27)29-22(2,3)4)18(30-31(8,9)23(5,6)7)15-16-11-13-17(24)14-12-16/h11-14,18-19H,10,15H2,1-9H3,(H,25,27)/t18-,19+/m1/s1. The van der Waals surface area contributed by atoms with Crippen LogP contribution in [0.3, 0.4) is 0 Å². The van der Waals surface area contributed by atoms with Crippen molar-refractivity contribution < 1.29 is 23.5 Å². The zero-order valence-corrected chi connectivity index (χ0v) is 22.1. The number of carbonyl (C=O) groups excluding carboxylic acids is 2. The number of ether oxygens (including phenoxy) is 2. The van der Waals surface area contributed by atoms with Gasteiger partial charge >= 0.3 is 12.1 Å². The SMILES string of the molecule is CCOC(=O)[C@@H](NC(=O)OC(C)(C)C)[C@@H](Cc1ccc(Cl)cc1)O[Si](C)(C)C(C)(C)C. The number of hydrogen-bond acceptors (Lipinski definition) is 5. The van der Waals surface area contributed by atoms with Crippen molar-refractivity contribution in [2.45, 2.75) is 90.8 Å². The van der Waals surface area contributed by atoms with Crippen molar-refractivity contribution >= 4 is 32.0 Å². The highest BCUT2D eigenvalue weighted by molar-refractivity contribution is 6.74.